The zero-order chi connectivity index (χ0) is 105. The lowest BCUT2D eigenvalue weighted by atomic mass is 9.87. The fourth-order valence-electron chi connectivity index (χ4n) is 18.4. The predicted octanol–water partition coefficient (Wildman–Crippen LogP) is 27.7. The third kappa shape index (κ3) is 36.8. The van der Waals surface area contributed by atoms with Crippen LogP contribution in [0.15, 0.2) is 227 Å². The van der Waals surface area contributed by atoms with E-state index in [1.807, 2.05) is 0 Å². The number of hydrogen-bond acceptors (Lipinski definition) is 22. The number of ketones is 2. The van der Waals surface area contributed by atoms with Gasteiger partial charge in [0.2, 0.25) is 0 Å². The van der Waals surface area contributed by atoms with Crippen molar-refractivity contribution in [3.63, 3.8) is 0 Å². The second kappa shape index (κ2) is 55.2. The van der Waals surface area contributed by atoms with Crippen molar-refractivity contribution < 1.29 is 141 Å². The Hall–Kier alpha value is -12.7. The summed E-state index contributed by atoms with van der Waals surface area (Å²) >= 11 is 0. The first-order chi connectivity index (χ1) is 69.6. The molecule has 0 N–H and O–H groups in total. The molecule has 146 heavy (non-hydrogen) atoms. The molecule has 0 bridgehead atoms. The number of alkyl halides is 8. The maximum atomic E-state index is 14.3. The number of sulfone groups is 3. The zero-order valence-corrected chi connectivity index (χ0v) is 84.4. The molecule has 15 rings (SSSR count). The van der Waals surface area contributed by atoms with Crippen LogP contribution >= 0.6 is 0 Å². The second-order valence-electron chi connectivity index (χ2n) is 37.1. The summed E-state index contributed by atoms with van der Waals surface area (Å²) < 4.78 is 234. The van der Waals surface area contributed by atoms with Crippen LogP contribution in [-0.2, 0) is 53.5 Å². The van der Waals surface area contributed by atoms with Crippen molar-refractivity contribution in [3.05, 3.63) is 229 Å². The number of rotatable bonds is 34. The molecular formula is C112H121F9O22S3. The van der Waals surface area contributed by atoms with Crippen molar-refractivity contribution in [2.24, 2.45) is 29.6 Å². The molecule has 10 aromatic carbocycles. The smallest absolute Gasteiger partial charge is 0.387 e. The van der Waals surface area contributed by atoms with E-state index in [9.17, 15) is 98.3 Å². The van der Waals surface area contributed by atoms with Gasteiger partial charge in [0, 0.05) is 96.2 Å². The summed E-state index contributed by atoms with van der Waals surface area (Å²) in [5.74, 6) is 0.0217. The molecule has 0 spiro atoms. The van der Waals surface area contributed by atoms with E-state index >= 15 is 0 Å². The maximum Gasteiger partial charge on any atom is 0.387 e. The highest BCUT2D eigenvalue weighted by Gasteiger charge is 2.29. The average Bonchev–Trinajstić information content (AvgIpc) is 0.818. The van der Waals surface area contributed by atoms with Gasteiger partial charge in [-0.15, -0.1) is 0 Å². The Kier molecular flexibility index (Phi) is 43.0. The van der Waals surface area contributed by atoms with E-state index in [0.29, 0.717) is 118 Å². The lowest BCUT2D eigenvalue weighted by molar-refractivity contribution is -0.136. The molecule has 0 saturated heterocycles. The number of carbonyl (C=O) groups is 7. The monoisotopic (exact) mass is 2080 g/mol. The second-order valence-corrected chi connectivity index (χ2v) is 43.1. The molecule has 0 heterocycles. The maximum absolute atomic E-state index is 14.3. The Morgan fingerprint density at radius 3 is 0.740 bits per heavy atom. The van der Waals surface area contributed by atoms with Gasteiger partial charge in [-0.2, -0.15) is 35.1 Å². The van der Waals surface area contributed by atoms with Crippen LogP contribution in [0.5, 0.6) is 51.7 Å². The molecule has 782 valence electrons. The van der Waals surface area contributed by atoms with Gasteiger partial charge in [-0.25, -0.2) is 29.6 Å². The lowest BCUT2D eigenvalue weighted by Gasteiger charge is -2.20. The van der Waals surface area contributed by atoms with Gasteiger partial charge in [-0.1, -0.05) is 176 Å². The minimum absolute atomic E-state index is 0.0434. The van der Waals surface area contributed by atoms with Gasteiger partial charge in [-0.3, -0.25) is 33.6 Å². The van der Waals surface area contributed by atoms with Crippen LogP contribution in [0.25, 0.3) is 55.6 Å². The summed E-state index contributed by atoms with van der Waals surface area (Å²) in [6.07, 6.45) is 32.7. The summed E-state index contributed by atoms with van der Waals surface area (Å²) in [6.45, 7) is -8.91. The van der Waals surface area contributed by atoms with Crippen LogP contribution in [-0.4, -0.2) is 112 Å². The largest absolute Gasteiger partial charge is 0.434 e. The minimum Gasteiger partial charge on any atom is -0.434 e. The number of benzene rings is 10. The van der Waals surface area contributed by atoms with E-state index < -0.39 is 61.8 Å². The highest BCUT2D eigenvalue weighted by atomic mass is 32.2. The molecule has 0 atom stereocenters. The van der Waals surface area contributed by atoms with Gasteiger partial charge in [0.15, 0.2) is 41.1 Å². The van der Waals surface area contributed by atoms with Gasteiger partial charge in [0.1, 0.15) is 57.6 Å². The van der Waals surface area contributed by atoms with Gasteiger partial charge in [0.25, 0.3) is 0 Å². The number of halogens is 9. The number of Topliss-reactive ketones (excluding diaryl/α,β-unsaturated/α-hetero) is 2. The highest BCUT2D eigenvalue weighted by molar-refractivity contribution is 7.91. The molecule has 5 fully saturated rings. The Balaban J connectivity index is 0.000000174. The molecule has 0 unspecified atom stereocenters. The summed E-state index contributed by atoms with van der Waals surface area (Å²) in [6, 6.07) is 52.0. The molecule has 34 heteroatoms. The first-order valence-electron chi connectivity index (χ1n) is 49.0. The minimum atomic E-state index is -3.49. The Morgan fingerprint density at radius 1 is 0.281 bits per heavy atom. The van der Waals surface area contributed by atoms with E-state index in [4.69, 9.17) is 23.7 Å². The van der Waals surface area contributed by atoms with Crippen molar-refractivity contribution in [2.75, 3.05) is 18.8 Å². The molecule has 10 aromatic rings. The van der Waals surface area contributed by atoms with Crippen molar-refractivity contribution in [1.82, 2.24) is 0 Å². The third-order valence-corrected chi connectivity index (χ3v) is 29.1. The Morgan fingerprint density at radius 2 is 0.500 bits per heavy atom. The van der Waals surface area contributed by atoms with Gasteiger partial charge < -0.3 is 42.6 Å². The molecule has 0 aromatic heterocycles. The first kappa shape index (κ1) is 114. The zero-order valence-electron chi connectivity index (χ0n) is 81.9. The number of hydrogen-bond donors (Lipinski definition) is 0. The molecule has 5 aliphatic rings. The molecule has 5 aliphatic carbocycles. The number of esters is 5. The van der Waals surface area contributed by atoms with Gasteiger partial charge in [-0.05, 0) is 268 Å². The van der Waals surface area contributed by atoms with E-state index in [0.717, 1.165) is 147 Å². The third-order valence-electron chi connectivity index (χ3n) is 25.8. The fraction of sp³-hybridized carbons (Fsp3) is 0.402. The van der Waals surface area contributed by atoms with Crippen LogP contribution in [0.3, 0.4) is 0 Å². The van der Waals surface area contributed by atoms with Gasteiger partial charge >= 0.3 is 56.3 Å². The summed E-state index contributed by atoms with van der Waals surface area (Å²) in [5, 5.41) is 0. The molecular weight excluding hydrogens is 1960 g/mol. The van der Waals surface area contributed by atoms with E-state index in [1.165, 1.54) is 179 Å². The van der Waals surface area contributed by atoms with Crippen LogP contribution in [0, 0.1) is 35.4 Å². The van der Waals surface area contributed by atoms with Crippen molar-refractivity contribution in [3.8, 4) is 107 Å². The fourth-order valence-corrected chi connectivity index (χ4v) is 20.4. The van der Waals surface area contributed by atoms with Crippen LogP contribution in [0.4, 0.5) is 39.5 Å². The first-order valence-corrected chi connectivity index (χ1v) is 54.7. The normalized spacial score (nSPS) is 15.0. The summed E-state index contributed by atoms with van der Waals surface area (Å²) in [4.78, 5) is 85.4. The number of carbonyl (C=O) groups excluding carboxylic acids is 7. The van der Waals surface area contributed by atoms with Crippen LogP contribution < -0.4 is 42.6 Å². The van der Waals surface area contributed by atoms with E-state index in [1.54, 1.807) is 79.7 Å². The average molecular weight is 2090 g/mol. The molecule has 22 nitrogen and oxygen atoms in total. The van der Waals surface area contributed by atoms with E-state index in [-0.39, 0.29) is 125 Å². The quantitative estimate of drug-likeness (QED) is 0.0157. The van der Waals surface area contributed by atoms with Crippen molar-refractivity contribution in [1.29, 1.82) is 0 Å². The molecule has 0 amide bonds. The van der Waals surface area contributed by atoms with Crippen molar-refractivity contribution in [2.45, 2.75) is 254 Å². The van der Waals surface area contributed by atoms with Crippen molar-refractivity contribution >= 4 is 70.9 Å². The Labute approximate surface area is 845 Å². The lowest BCUT2D eigenvalue weighted by Crippen LogP contribution is -2.16. The standard InChI is InChI=1S/C24H26F2O4.C23H24F2O4.2C22H24F2O5S.C21H23FO4S/c1-2-21(27)18-10-6-9-17(14-18)20-15-19(11-12-22(20)30-24(25)26)29-23(28)13-16-7-4-3-5-8-16;1-15(26)17-8-5-9-18(13-17)20-14-19(10-11-21(20)29-23(24)25)28-22(27)12-16-6-3-2-4-7-16;2*1-30(26,27)18-9-5-8-16(13-18)19-14-17(10-11-20(19)29-22(23)24)28-21(25)12-15-6-3-2-4-7-15;1-27(24,25)18-9-5-8-16(13-18)19-14-17(10-11-20(19)22)26-21(23)12-15-6-3-2-4-7-15/h6,9-12,14-16,24H,2-5,7-8,13H2,1H3;5,8-11,13-14,16,23H,2-4,6-7,12H2,1H3;2*5,8-11,13-15,22H,2-4,6-7,12H2,1H3;5,8-11,13-15H,2-4,6-7,12H2,1H3. The summed E-state index contributed by atoms with van der Waals surface area (Å²) in [7, 11) is -10.4. The summed E-state index contributed by atoms with van der Waals surface area (Å²) in [5.41, 5.74) is 4.42. The molecule has 0 aliphatic heterocycles. The number of ether oxygens (including phenoxy) is 9. The van der Waals surface area contributed by atoms with Crippen LogP contribution in [0.1, 0.15) is 234 Å². The highest BCUT2D eigenvalue weighted by Crippen LogP contribution is 2.44. The van der Waals surface area contributed by atoms with Gasteiger partial charge in [0.05, 0.1) is 14.7 Å². The molecule has 0 radical (unpaired) electrons. The Bertz CT molecular complexity index is 6320. The topological polar surface area (TPSA) is 305 Å². The SMILES string of the molecule is CC(=O)c1cccc(-c2cc(OC(=O)CC3CCCCC3)ccc2OC(F)F)c1.CCC(=O)c1cccc(-c2cc(OC(=O)CC3CCCCC3)ccc2OC(F)F)c1.CS(=O)(=O)c1cccc(-c2cc(OC(=O)CC3CCCCC3)ccc2F)c1.CS(=O)(=O)c1cccc(-c2cc(OC(=O)CC3CCCCC3)ccc2OC(F)F)c1.CS(=O)(=O)c1cccc(-c2cc(OC(=O)CC3CCCCC3)ccc2OC(F)F)c1. The van der Waals surface area contributed by atoms with Crippen LogP contribution in [0.2, 0.25) is 0 Å². The predicted molar refractivity (Wildman–Crippen MR) is 534 cm³/mol. The molecule has 5 saturated carbocycles. The van der Waals surface area contributed by atoms with E-state index in [2.05, 4.69) is 18.9 Å².